The van der Waals surface area contributed by atoms with Gasteiger partial charge in [0.1, 0.15) is 6.61 Å². The Labute approximate surface area is 234 Å². The van der Waals surface area contributed by atoms with Crippen molar-refractivity contribution in [3.63, 3.8) is 0 Å². The second-order valence-corrected chi connectivity index (χ2v) is 10.3. The van der Waals surface area contributed by atoms with Crippen molar-refractivity contribution in [1.29, 1.82) is 0 Å². The van der Waals surface area contributed by atoms with Crippen LogP contribution >= 0.6 is 12.2 Å². The first-order chi connectivity index (χ1) is 18.8. The highest BCUT2D eigenvalue weighted by Gasteiger charge is 2.42. The van der Waals surface area contributed by atoms with Crippen LogP contribution in [0.4, 0.5) is 11.4 Å². The predicted octanol–water partition coefficient (Wildman–Crippen LogP) is 5.87. The number of rotatable bonds is 7. The molecule has 1 saturated heterocycles. The van der Waals surface area contributed by atoms with Crippen LogP contribution in [0.15, 0.2) is 72.9 Å². The van der Waals surface area contributed by atoms with E-state index in [0.717, 1.165) is 22.8 Å². The first-order valence-electron chi connectivity index (χ1n) is 12.9. The van der Waals surface area contributed by atoms with Crippen molar-refractivity contribution in [3.05, 3.63) is 107 Å². The lowest BCUT2D eigenvalue weighted by Gasteiger charge is -2.28. The molecule has 1 aliphatic rings. The van der Waals surface area contributed by atoms with Crippen molar-refractivity contribution >= 4 is 34.6 Å². The molecule has 4 aromatic rings. The normalized spacial score (nSPS) is 16.8. The van der Waals surface area contributed by atoms with Gasteiger partial charge in [-0.25, -0.2) is 0 Å². The minimum Gasteiger partial charge on any atom is -0.375 e. The summed E-state index contributed by atoms with van der Waals surface area (Å²) < 4.78 is 7.28. The average molecular weight is 540 g/mol. The van der Waals surface area contributed by atoms with Gasteiger partial charge in [-0.1, -0.05) is 24.3 Å². The number of benzene rings is 2. The lowest BCUT2D eigenvalue weighted by Crippen LogP contribution is -2.29. The number of methoxy groups -OCH3 is 1. The minimum atomic E-state index is -0.198. The summed E-state index contributed by atoms with van der Waals surface area (Å²) >= 11 is 5.93. The number of hydrogen-bond acceptors (Lipinski definition) is 4. The smallest absolute Gasteiger partial charge is 0.250 e. The molecule has 5 rings (SSSR count). The molecule has 2 N–H and O–H groups in total. The van der Waals surface area contributed by atoms with Crippen molar-refractivity contribution in [2.24, 2.45) is 0 Å². The van der Waals surface area contributed by atoms with Gasteiger partial charge in [0, 0.05) is 36.1 Å². The van der Waals surface area contributed by atoms with E-state index in [0.29, 0.717) is 10.8 Å². The summed E-state index contributed by atoms with van der Waals surface area (Å²) in [4.78, 5) is 18.8. The summed E-state index contributed by atoms with van der Waals surface area (Å²) in [5, 5.41) is 7.03. The van der Waals surface area contributed by atoms with Gasteiger partial charge in [-0.3, -0.25) is 9.78 Å². The van der Waals surface area contributed by atoms with E-state index in [4.69, 9.17) is 21.9 Å². The summed E-state index contributed by atoms with van der Waals surface area (Å²) in [7, 11) is 1.50. The molecule has 8 heteroatoms. The number of para-hydroxylation sites is 1. The van der Waals surface area contributed by atoms with Gasteiger partial charge in [-0.05, 0) is 99.1 Å². The number of nitrogens with one attached hydrogen (secondary N) is 2. The quantitative estimate of drug-likeness (QED) is 0.286. The molecule has 200 valence electrons. The molecule has 0 spiro atoms. The maximum Gasteiger partial charge on any atom is 0.250 e. The zero-order valence-corrected chi connectivity index (χ0v) is 23.7. The lowest BCUT2D eigenvalue weighted by molar-refractivity contribution is -0.119. The number of carbonyl (C=O) groups excluding carboxylic acids is 1. The average Bonchev–Trinajstić information content (AvgIpc) is 3.40. The summed E-state index contributed by atoms with van der Waals surface area (Å²) in [6, 6.07) is 22.1. The van der Waals surface area contributed by atoms with E-state index >= 15 is 0 Å². The standard InChI is InChI=1S/C31H33N5O2S/c1-19-9-8-10-20(2)29(19)35-21(3)17-25(22(35)4)30-28(26-11-6-7-16-32-26)34-31(39)36(30)24-14-12-23(13-15-24)33-27(37)18-38-5/h6-17,28,30H,18H2,1-5H3,(H,33,37)(H,34,39)/t28-,30-/m1/s1. The maximum atomic E-state index is 12.0. The van der Waals surface area contributed by atoms with E-state index in [9.17, 15) is 4.79 Å². The molecule has 1 aliphatic heterocycles. The van der Waals surface area contributed by atoms with Crippen molar-refractivity contribution < 1.29 is 9.53 Å². The van der Waals surface area contributed by atoms with Crippen LogP contribution in [0.3, 0.4) is 0 Å². The highest BCUT2D eigenvalue weighted by atomic mass is 32.1. The Hall–Kier alpha value is -4.01. The molecule has 3 heterocycles. The molecular weight excluding hydrogens is 506 g/mol. The van der Waals surface area contributed by atoms with Crippen molar-refractivity contribution in [2.75, 3.05) is 23.9 Å². The number of nitrogens with zero attached hydrogens (tertiary/aromatic N) is 3. The van der Waals surface area contributed by atoms with E-state index in [1.54, 1.807) is 0 Å². The third-order valence-corrected chi connectivity index (χ3v) is 7.57. The molecule has 2 aromatic carbocycles. The van der Waals surface area contributed by atoms with Crippen LogP contribution < -0.4 is 15.5 Å². The zero-order chi connectivity index (χ0) is 27.7. The zero-order valence-electron chi connectivity index (χ0n) is 22.9. The van der Waals surface area contributed by atoms with Crippen molar-refractivity contribution in [2.45, 2.75) is 39.8 Å². The number of amides is 1. The van der Waals surface area contributed by atoms with Gasteiger partial charge in [-0.15, -0.1) is 0 Å². The molecule has 2 atom stereocenters. The fourth-order valence-electron chi connectivity index (χ4n) is 5.57. The second-order valence-electron chi connectivity index (χ2n) is 9.93. The molecule has 0 saturated carbocycles. The number of aryl methyl sites for hydroxylation is 3. The van der Waals surface area contributed by atoms with E-state index in [2.05, 4.69) is 72.1 Å². The van der Waals surface area contributed by atoms with Gasteiger partial charge in [0.2, 0.25) is 5.91 Å². The fourth-order valence-corrected chi connectivity index (χ4v) is 5.92. The van der Waals surface area contributed by atoms with Crippen LogP contribution in [0.1, 0.15) is 45.9 Å². The monoisotopic (exact) mass is 539 g/mol. The van der Waals surface area contributed by atoms with Crippen LogP contribution in [-0.4, -0.2) is 34.3 Å². The summed E-state index contributed by atoms with van der Waals surface area (Å²) in [5.41, 5.74) is 9.72. The van der Waals surface area contributed by atoms with E-state index in [1.807, 2.05) is 48.7 Å². The summed E-state index contributed by atoms with van der Waals surface area (Å²) in [5.74, 6) is -0.198. The van der Waals surface area contributed by atoms with E-state index < -0.39 is 0 Å². The topological polar surface area (TPSA) is 71.4 Å². The Kier molecular flexibility index (Phi) is 7.50. The molecule has 0 bridgehead atoms. The first-order valence-corrected chi connectivity index (χ1v) is 13.4. The minimum absolute atomic E-state index is 0.00565. The number of hydrogen-bond donors (Lipinski definition) is 2. The van der Waals surface area contributed by atoms with Crippen LogP contribution in [0.2, 0.25) is 0 Å². The van der Waals surface area contributed by atoms with Gasteiger partial charge >= 0.3 is 0 Å². The Morgan fingerprint density at radius 1 is 1.03 bits per heavy atom. The van der Waals surface area contributed by atoms with E-state index in [1.165, 1.54) is 29.5 Å². The molecule has 1 amide bonds. The van der Waals surface area contributed by atoms with Crippen LogP contribution in [0.5, 0.6) is 0 Å². The number of thiocarbonyl (C=S) groups is 1. The first kappa shape index (κ1) is 26.6. The van der Waals surface area contributed by atoms with Crippen LogP contribution in [0, 0.1) is 27.7 Å². The molecule has 0 aliphatic carbocycles. The van der Waals surface area contributed by atoms with Gasteiger partial charge in [0.25, 0.3) is 0 Å². The van der Waals surface area contributed by atoms with Crippen LogP contribution in [0.25, 0.3) is 5.69 Å². The Bertz CT molecular complexity index is 1490. The van der Waals surface area contributed by atoms with Gasteiger partial charge in [0.05, 0.1) is 23.5 Å². The van der Waals surface area contributed by atoms with Gasteiger partial charge in [-0.2, -0.15) is 0 Å². The SMILES string of the molecule is COCC(=O)Nc1ccc(N2C(=S)N[C@H](c3ccccn3)[C@H]2c2cc(C)n(-c3c(C)cccc3C)c2C)cc1. The van der Waals surface area contributed by atoms with Gasteiger partial charge < -0.3 is 24.8 Å². The fraction of sp³-hybridized carbons (Fsp3) is 0.258. The summed E-state index contributed by atoms with van der Waals surface area (Å²) in [6.07, 6.45) is 1.82. The van der Waals surface area contributed by atoms with E-state index in [-0.39, 0.29) is 24.6 Å². The highest BCUT2D eigenvalue weighted by Crippen LogP contribution is 2.44. The predicted molar refractivity (Wildman–Crippen MR) is 160 cm³/mol. The highest BCUT2D eigenvalue weighted by molar-refractivity contribution is 7.80. The third-order valence-electron chi connectivity index (χ3n) is 7.25. The van der Waals surface area contributed by atoms with Crippen LogP contribution in [-0.2, 0) is 9.53 Å². The second kappa shape index (κ2) is 11.0. The van der Waals surface area contributed by atoms with Gasteiger partial charge in [0.15, 0.2) is 5.11 Å². The molecular formula is C31H33N5O2S. The Morgan fingerprint density at radius 3 is 2.38 bits per heavy atom. The maximum absolute atomic E-state index is 12.0. The molecule has 0 unspecified atom stereocenters. The number of anilines is 2. The number of aromatic nitrogens is 2. The lowest BCUT2D eigenvalue weighted by atomic mass is 9.96. The van der Waals surface area contributed by atoms with Crippen molar-refractivity contribution in [3.8, 4) is 5.69 Å². The largest absolute Gasteiger partial charge is 0.375 e. The van der Waals surface area contributed by atoms with Crippen molar-refractivity contribution in [1.82, 2.24) is 14.9 Å². The Balaban J connectivity index is 1.61. The molecule has 39 heavy (non-hydrogen) atoms. The number of ether oxygens (including phenoxy) is 1. The molecule has 1 fully saturated rings. The number of carbonyl (C=O) groups is 1. The Morgan fingerprint density at radius 2 is 1.74 bits per heavy atom. The number of pyridine rings is 1. The third kappa shape index (κ3) is 5.05. The summed E-state index contributed by atoms with van der Waals surface area (Å²) in [6.45, 7) is 8.65. The molecule has 2 aromatic heterocycles. The molecule has 7 nitrogen and oxygen atoms in total. The molecule has 0 radical (unpaired) electrons.